The Bertz CT molecular complexity index is 378. The number of hydrogen-bond donors (Lipinski definition) is 1. The van der Waals surface area contributed by atoms with Crippen LogP contribution in [0.2, 0.25) is 0 Å². The number of rotatable bonds is 5. The lowest BCUT2D eigenvalue weighted by molar-refractivity contribution is 0.212. The van der Waals surface area contributed by atoms with Gasteiger partial charge in [0.1, 0.15) is 0 Å². The molecule has 1 aromatic heterocycles. The summed E-state index contributed by atoms with van der Waals surface area (Å²) in [5.74, 6) is 0.867. The van der Waals surface area contributed by atoms with Gasteiger partial charge in [-0.05, 0) is 20.0 Å². The summed E-state index contributed by atoms with van der Waals surface area (Å²) in [6.07, 6.45) is 5.04. The summed E-state index contributed by atoms with van der Waals surface area (Å²) in [7, 11) is 2.20. The predicted octanol–water partition coefficient (Wildman–Crippen LogP) is 1.12. The van der Waals surface area contributed by atoms with Gasteiger partial charge in [0.2, 0.25) is 5.95 Å². The van der Waals surface area contributed by atoms with Crippen molar-refractivity contribution in [2.75, 3.05) is 38.1 Å². The maximum absolute atomic E-state index is 4.51. The molecule has 0 amide bonds. The minimum Gasteiger partial charge on any atom is -0.338 e. The summed E-state index contributed by atoms with van der Waals surface area (Å²) in [6, 6.07) is 0.610. The van der Waals surface area contributed by atoms with E-state index in [1.807, 2.05) is 12.4 Å². The van der Waals surface area contributed by atoms with E-state index in [1.54, 1.807) is 0 Å². The zero-order chi connectivity index (χ0) is 13.7. The topological polar surface area (TPSA) is 44.3 Å². The molecule has 1 saturated heterocycles. The van der Waals surface area contributed by atoms with Crippen LogP contribution in [0.15, 0.2) is 12.4 Å². The summed E-state index contributed by atoms with van der Waals surface area (Å²) in [4.78, 5) is 13.7. The second-order valence-electron chi connectivity index (χ2n) is 5.16. The molecule has 2 rings (SSSR count). The molecule has 19 heavy (non-hydrogen) atoms. The molecule has 1 N–H and O–H groups in total. The van der Waals surface area contributed by atoms with Crippen LogP contribution in [0.25, 0.3) is 0 Å². The van der Waals surface area contributed by atoms with Gasteiger partial charge in [-0.25, -0.2) is 9.97 Å². The molecule has 0 radical (unpaired) electrons. The van der Waals surface area contributed by atoms with Gasteiger partial charge in [0.25, 0.3) is 0 Å². The molecule has 1 fully saturated rings. The fourth-order valence-electron chi connectivity index (χ4n) is 2.44. The van der Waals surface area contributed by atoms with Crippen LogP contribution in [0.1, 0.15) is 25.8 Å². The molecule has 0 aromatic carbocycles. The summed E-state index contributed by atoms with van der Waals surface area (Å²) in [5.41, 5.74) is 1.15. The molecule has 5 heteroatoms. The molecule has 1 atom stereocenters. The Morgan fingerprint density at radius 3 is 2.63 bits per heavy atom. The number of anilines is 1. The number of hydrogen-bond acceptors (Lipinski definition) is 5. The largest absolute Gasteiger partial charge is 0.338 e. The van der Waals surface area contributed by atoms with Crippen LogP contribution >= 0.6 is 0 Å². The molecular formula is C14H25N5. The molecular weight excluding hydrogens is 238 g/mol. The minimum absolute atomic E-state index is 0.610. The first-order valence-corrected chi connectivity index (χ1v) is 7.21. The first-order chi connectivity index (χ1) is 9.24. The van der Waals surface area contributed by atoms with Crippen LogP contribution < -0.4 is 10.2 Å². The monoisotopic (exact) mass is 263 g/mol. The Morgan fingerprint density at radius 2 is 2.00 bits per heavy atom. The smallest absolute Gasteiger partial charge is 0.225 e. The third kappa shape index (κ3) is 3.64. The van der Waals surface area contributed by atoms with Crippen molar-refractivity contribution in [2.24, 2.45) is 0 Å². The molecule has 1 unspecified atom stereocenters. The molecule has 106 valence electrons. The molecule has 0 spiro atoms. The van der Waals surface area contributed by atoms with Gasteiger partial charge in [-0.2, -0.15) is 0 Å². The molecule has 1 aromatic rings. The summed E-state index contributed by atoms with van der Waals surface area (Å²) >= 11 is 0. The standard InChI is InChI=1S/C14H25N5/c1-4-13-11-19(7-6-18(13)3)14-16-9-12(10-17-14)8-15-5-2/h9-10,13,15H,4-8,11H2,1-3H3. The van der Waals surface area contributed by atoms with E-state index in [9.17, 15) is 0 Å². The van der Waals surface area contributed by atoms with Crippen molar-refractivity contribution in [3.8, 4) is 0 Å². The van der Waals surface area contributed by atoms with Crippen molar-refractivity contribution in [2.45, 2.75) is 32.9 Å². The van der Waals surface area contributed by atoms with Crippen LogP contribution in [0.4, 0.5) is 5.95 Å². The van der Waals surface area contributed by atoms with E-state index in [0.717, 1.165) is 44.2 Å². The summed E-state index contributed by atoms with van der Waals surface area (Å²) in [5, 5.41) is 3.29. The van der Waals surface area contributed by atoms with Gasteiger partial charge < -0.3 is 10.2 Å². The van der Waals surface area contributed by atoms with E-state index in [2.05, 4.69) is 46.0 Å². The van der Waals surface area contributed by atoms with Crippen molar-refractivity contribution < 1.29 is 0 Å². The van der Waals surface area contributed by atoms with Crippen molar-refractivity contribution in [1.29, 1.82) is 0 Å². The molecule has 5 nitrogen and oxygen atoms in total. The Balaban J connectivity index is 1.98. The third-order valence-corrected chi connectivity index (χ3v) is 3.80. The van der Waals surface area contributed by atoms with Gasteiger partial charge in [0.15, 0.2) is 0 Å². The summed E-state index contributed by atoms with van der Waals surface area (Å²) in [6.45, 7) is 9.28. The molecule has 0 saturated carbocycles. The highest BCUT2D eigenvalue weighted by Crippen LogP contribution is 2.15. The van der Waals surface area contributed by atoms with Gasteiger partial charge in [-0.1, -0.05) is 13.8 Å². The van der Waals surface area contributed by atoms with Crippen molar-refractivity contribution in [3.63, 3.8) is 0 Å². The van der Waals surface area contributed by atoms with Crippen molar-refractivity contribution in [1.82, 2.24) is 20.2 Å². The van der Waals surface area contributed by atoms with Crippen LogP contribution in [0.5, 0.6) is 0 Å². The van der Waals surface area contributed by atoms with E-state index in [1.165, 1.54) is 6.42 Å². The quantitative estimate of drug-likeness (QED) is 0.862. The number of piperazine rings is 1. The predicted molar refractivity (Wildman–Crippen MR) is 78.3 cm³/mol. The van der Waals surface area contributed by atoms with Crippen molar-refractivity contribution in [3.05, 3.63) is 18.0 Å². The fourth-order valence-corrected chi connectivity index (χ4v) is 2.44. The van der Waals surface area contributed by atoms with Gasteiger partial charge in [0, 0.05) is 50.2 Å². The highest BCUT2D eigenvalue weighted by atomic mass is 15.3. The average molecular weight is 263 g/mol. The van der Waals surface area contributed by atoms with E-state index in [4.69, 9.17) is 0 Å². The van der Waals surface area contributed by atoms with Crippen LogP contribution in [0.3, 0.4) is 0 Å². The fraction of sp³-hybridized carbons (Fsp3) is 0.714. The lowest BCUT2D eigenvalue weighted by atomic mass is 10.1. The van der Waals surface area contributed by atoms with E-state index >= 15 is 0 Å². The zero-order valence-electron chi connectivity index (χ0n) is 12.3. The lowest BCUT2D eigenvalue weighted by Crippen LogP contribution is -2.51. The van der Waals surface area contributed by atoms with Gasteiger partial charge in [-0.3, -0.25) is 4.90 Å². The first kappa shape index (κ1) is 14.2. The Labute approximate surface area is 116 Å². The van der Waals surface area contributed by atoms with Crippen LogP contribution in [0, 0.1) is 0 Å². The number of nitrogens with one attached hydrogen (secondary N) is 1. The van der Waals surface area contributed by atoms with Crippen LogP contribution in [-0.4, -0.2) is 54.1 Å². The third-order valence-electron chi connectivity index (χ3n) is 3.80. The number of nitrogens with zero attached hydrogens (tertiary/aromatic N) is 4. The summed E-state index contributed by atoms with van der Waals surface area (Å²) < 4.78 is 0. The highest BCUT2D eigenvalue weighted by Gasteiger charge is 2.24. The van der Waals surface area contributed by atoms with Gasteiger partial charge in [0.05, 0.1) is 0 Å². The Kier molecular flexibility index (Phi) is 5.10. The lowest BCUT2D eigenvalue weighted by Gasteiger charge is -2.39. The van der Waals surface area contributed by atoms with Crippen molar-refractivity contribution >= 4 is 5.95 Å². The molecule has 1 aliphatic rings. The number of likely N-dealkylation sites (N-methyl/N-ethyl adjacent to an activating group) is 1. The highest BCUT2D eigenvalue weighted by molar-refractivity contribution is 5.31. The maximum Gasteiger partial charge on any atom is 0.225 e. The number of aromatic nitrogens is 2. The normalized spacial score (nSPS) is 20.8. The van der Waals surface area contributed by atoms with E-state index < -0.39 is 0 Å². The van der Waals surface area contributed by atoms with Gasteiger partial charge >= 0.3 is 0 Å². The van der Waals surface area contributed by atoms with E-state index in [0.29, 0.717) is 6.04 Å². The zero-order valence-corrected chi connectivity index (χ0v) is 12.3. The first-order valence-electron chi connectivity index (χ1n) is 7.21. The molecule has 0 bridgehead atoms. The second kappa shape index (κ2) is 6.82. The van der Waals surface area contributed by atoms with E-state index in [-0.39, 0.29) is 0 Å². The molecule has 1 aliphatic heterocycles. The minimum atomic E-state index is 0.610. The maximum atomic E-state index is 4.51. The Morgan fingerprint density at radius 1 is 1.26 bits per heavy atom. The van der Waals surface area contributed by atoms with Crippen LogP contribution in [-0.2, 0) is 6.54 Å². The second-order valence-corrected chi connectivity index (χ2v) is 5.16. The van der Waals surface area contributed by atoms with Gasteiger partial charge in [-0.15, -0.1) is 0 Å². The molecule has 2 heterocycles. The molecule has 0 aliphatic carbocycles. The SMILES string of the molecule is CCNCc1cnc(N2CCN(C)C(CC)C2)nc1. The average Bonchev–Trinajstić information content (AvgIpc) is 2.46. The Hall–Kier alpha value is -1.20.